The Balaban J connectivity index is 1.88. The van der Waals surface area contributed by atoms with E-state index in [0.717, 1.165) is 0 Å². The molecule has 0 aliphatic carbocycles. The highest BCUT2D eigenvalue weighted by atomic mass is 35.5. The van der Waals surface area contributed by atoms with Gasteiger partial charge in [0.25, 0.3) is 5.91 Å². The van der Waals surface area contributed by atoms with Gasteiger partial charge in [-0.2, -0.15) is 0 Å². The number of esters is 1. The molecule has 1 N–H and O–H groups in total. The van der Waals surface area contributed by atoms with Gasteiger partial charge in [0.05, 0.1) is 34.9 Å². The number of para-hydroxylation sites is 1. The van der Waals surface area contributed by atoms with E-state index in [1.807, 2.05) is 20.8 Å². The Morgan fingerprint density at radius 1 is 1.28 bits per heavy atom. The third kappa shape index (κ3) is 4.70. The molecule has 2 unspecified atom stereocenters. The molecule has 212 valence electrons. The summed E-state index contributed by atoms with van der Waals surface area (Å²) in [5.41, 5.74) is -1.67. The number of halogens is 1. The van der Waals surface area contributed by atoms with E-state index >= 15 is 0 Å². The third-order valence-corrected chi connectivity index (χ3v) is 8.84. The number of nitrogens with zero attached hydrogens (tertiary/aromatic N) is 2. The Bertz CT molecular complexity index is 1140. The fourth-order valence-corrected chi connectivity index (χ4v) is 7.23. The van der Waals surface area contributed by atoms with E-state index in [0.29, 0.717) is 36.4 Å². The molecular weight excluding hydrogens is 520 g/mol. The average molecular weight is 559 g/mol. The summed E-state index contributed by atoms with van der Waals surface area (Å²) in [6.45, 7) is 13.2. The van der Waals surface area contributed by atoms with Crippen molar-refractivity contribution >= 4 is 35.1 Å². The first kappa shape index (κ1) is 29.3. The molecular formula is C30H39ClN2O6. The SMILES string of the molecule is C=CCOC(=O)[C@@H]1[C@H]2C(=O)N([C@@H](CO)CC(C)C)C(C(=O)N(CC=C)c3ccccc3Cl)C23CC[C@@]1(CC)O3. The molecule has 3 saturated heterocycles. The Hall–Kier alpha value is -2.68. The van der Waals surface area contributed by atoms with Gasteiger partial charge in [-0.1, -0.05) is 63.2 Å². The van der Waals surface area contributed by atoms with Gasteiger partial charge >= 0.3 is 5.97 Å². The van der Waals surface area contributed by atoms with Gasteiger partial charge in [0, 0.05) is 6.54 Å². The number of aliphatic hydroxyl groups excluding tert-OH is 1. The minimum atomic E-state index is -1.24. The highest BCUT2D eigenvalue weighted by molar-refractivity contribution is 6.34. The summed E-state index contributed by atoms with van der Waals surface area (Å²) < 4.78 is 12.3. The number of hydrogen-bond donors (Lipinski definition) is 1. The van der Waals surface area contributed by atoms with Gasteiger partial charge in [-0.25, -0.2) is 0 Å². The van der Waals surface area contributed by atoms with Crippen molar-refractivity contribution in [2.24, 2.45) is 17.8 Å². The molecule has 1 spiro atoms. The summed E-state index contributed by atoms with van der Waals surface area (Å²) in [5.74, 6) is -2.90. The van der Waals surface area contributed by atoms with Crippen LogP contribution in [-0.4, -0.2) is 70.8 Å². The third-order valence-electron chi connectivity index (χ3n) is 8.52. The van der Waals surface area contributed by atoms with E-state index in [2.05, 4.69) is 13.2 Å². The average Bonchev–Trinajstić information content (AvgIpc) is 3.52. The molecule has 3 aliphatic heterocycles. The molecule has 3 fully saturated rings. The van der Waals surface area contributed by atoms with Crippen molar-refractivity contribution in [1.82, 2.24) is 4.90 Å². The first-order valence-corrected chi connectivity index (χ1v) is 14.1. The zero-order chi connectivity index (χ0) is 28.5. The molecule has 2 bridgehead atoms. The summed E-state index contributed by atoms with van der Waals surface area (Å²) in [6, 6.07) is 5.31. The summed E-state index contributed by atoms with van der Waals surface area (Å²) in [6.07, 6.45) is 5.00. The van der Waals surface area contributed by atoms with Crippen LogP contribution in [0.15, 0.2) is 49.6 Å². The van der Waals surface area contributed by atoms with E-state index in [1.54, 1.807) is 30.3 Å². The molecule has 39 heavy (non-hydrogen) atoms. The van der Waals surface area contributed by atoms with Crippen LogP contribution in [0.4, 0.5) is 5.69 Å². The second-order valence-corrected chi connectivity index (χ2v) is 11.6. The lowest BCUT2D eigenvalue weighted by Gasteiger charge is -2.40. The Labute approximate surface area is 235 Å². The van der Waals surface area contributed by atoms with Crippen LogP contribution in [0.1, 0.15) is 46.5 Å². The number of fused-ring (bicyclic) bond motifs is 1. The van der Waals surface area contributed by atoms with E-state index < -0.39 is 41.1 Å². The Morgan fingerprint density at radius 2 is 2.00 bits per heavy atom. The number of carbonyl (C=O) groups excluding carboxylic acids is 3. The largest absolute Gasteiger partial charge is 0.461 e. The fraction of sp³-hybridized carbons (Fsp3) is 0.567. The molecule has 0 saturated carbocycles. The standard InChI is InChI=1S/C30H39ClN2O6/c1-6-15-32(22-12-10-9-11-21(22)31)27(36)25-30-14-13-29(8-3,39-30)24(28(37)38-16-7-2)23(30)26(35)33(25)20(18-34)17-19(4)5/h6-7,9-12,19-20,23-25,34H,1-2,8,13-18H2,3-5H3/t20-,23+,24+,25?,29-,30?/m1/s1. The highest BCUT2D eigenvalue weighted by Crippen LogP contribution is 2.65. The van der Waals surface area contributed by atoms with Crippen molar-refractivity contribution in [2.75, 3.05) is 24.7 Å². The van der Waals surface area contributed by atoms with Crippen LogP contribution in [0.5, 0.6) is 0 Å². The second-order valence-electron chi connectivity index (χ2n) is 11.2. The molecule has 2 amide bonds. The van der Waals surface area contributed by atoms with E-state index in [1.165, 1.54) is 15.9 Å². The topological polar surface area (TPSA) is 96.4 Å². The minimum Gasteiger partial charge on any atom is -0.461 e. The minimum absolute atomic E-state index is 0.0152. The number of amides is 2. The van der Waals surface area contributed by atoms with Crippen molar-refractivity contribution in [3.8, 4) is 0 Å². The van der Waals surface area contributed by atoms with E-state index in [-0.39, 0.29) is 37.5 Å². The van der Waals surface area contributed by atoms with Gasteiger partial charge in [-0.3, -0.25) is 14.4 Å². The molecule has 4 rings (SSSR count). The number of anilines is 1. The number of rotatable bonds is 12. The van der Waals surface area contributed by atoms with Crippen molar-refractivity contribution in [1.29, 1.82) is 0 Å². The first-order valence-electron chi connectivity index (χ1n) is 13.7. The maximum atomic E-state index is 14.7. The van der Waals surface area contributed by atoms with E-state index in [4.69, 9.17) is 21.1 Å². The number of ether oxygens (including phenoxy) is 2. The molecule has 1 aromatic rings. The van der Waals surface area contributed by atoms with Crippen molar-refractivity contribution in [2.45, 2.75) is 69.7 Å². The van der Waals surface area contributed by atoms with Crippen LogP contribution in [0.25, 0.3) is 0 Å². The predicted molar refractivity (Wildman–Crippen MR) is 149 cm³/mol. The van der Waals surface area contributed by atoms with Crippen LogP contribution in [-0.2, 0) is 23.9 Å². The number of aliphatic hydroxyl groups is 1. The van der Waals surface area contributed by atoms with Crippen molar-refractivity contribution < 1.29 is 29.0 Å². The Morgan fingerprint density at radius 3 is 2.59 bits per heavy atom. The predicted octanol–water partition coefficient (Wildman–Crippen LogP) is 4.15. The number of hydrogen-bond acceptors (Lipinski definition) is 6. The number of likely N-dealkylation sites (tertiary alicyclic amines) is 1. The first-order chi connectivity index (χ1) is 18.6. The molecule has 6 atom stereocenters. The zero-order valence-electron chi connectivity index (χ0n) is 23.0. The second kappa shape index (κ2) is 11.4. The fourth-order valence-electron chi connectivity index (χ4n) is 6.99. The highest BCUT2D eigenvalue weighted by Gasteiger charge is 2.79. The molecule has 3 heterocycles. The maximum absolute atomic E-state index is 14.7. The molecule has 8 nitrogen and oxygen atoms in total. The normalized spacial score (nSPS) is 29.8. The van der Waals surface area contributed by atoms with Gasteiger partial charge in [-0.15, -0.1) is 6.58 Å². The van der Waals surface area contributed by atoms with Crippen LogP contribution in [0, 0.1) is 17.8 Å². The summed E-state index contributed by atoms with van der Waals surface area (Å²) >= 11 is 6.53. The van der Waals surface area contributed by atoms with Gasteiger partial charge in [0.15, 0.2) is 0 Å². The lowest BCUT2D eigenvalue weighted by molar-refractivity contribution is -0.161. The molecule has 0 aromatic heterocycles. The quantitative estimate of drug-likeness (QED) is 0.306. The number of carbonyl (C=O) groups is 3. The van der Waals surface area contributed by atoms with Gasteiger partial charge in [0.1, 0.15) is 24.2 Å². The van der Waals surface area contributed by atoms with E-state index in [9.17, 15) is 19.5 Å². The van der Waals surface area contributed by atoms with Gasteiger partial charge in [-0.05, 0) is 43.7 Å². The zero-order valence-corrected chi connectivity index (χ0v) is 23.7. The van der Waals surface area contributed by atoms with Crippen molar-refractivity contribution in [3.05, 3.63) is 54.6 Å². The Kier molecular flexibility index (Phi) is 8.59. The lowest BCUT2D eigenvalue weighted by atomic mass is 9.65. The lowest BCUT2D eigenvalue weighted by Crippen LogP contribution is -2.59. The summed E-state index contributed by atoms with van der Waals surface area (Å²) in [7, 11) is 0. The molecule has 3 aliphatic rings. The maximum Gasteiger partial charge on any atom is 0.313 e. The van der Waals surface area contributed by atoms with Gasteiger partial charge < -0.3 is 24.4 Å². The van der Waals surface area contributed by atoms with Gasteiger partial charge in [0.2, 0.25) is 5.91 Å². The monoisotopic (exact) mass is 558 g/mol. The van der Waals surface area contributed by atoms with Crippen LogP contribution in [0.3, 0.4) is 0 Å². The smallest absolute Gasteiger partial charge is 0.313 e. The van der Waals surface area contributed by atoms with Crippen LogP contribution < -0.4 is 4.90 Å². The molecule has 9 heteroatoms. The summed E-state index contributed by atoms with van der Waals surface area (Å²) in [5, 5.41) is 10.9. The number of benzene rings is 1. The van der Waals surface area contributed by atoms with Crippen LogP contribution >= 0.6 is 11.6 Å². The van der Waals surface area contributed by atoms with Crippen molar-refractivity contribution in [3.63, 3.8) is 0 Å². The molecule has 0 radical (unpaired) electrons. The summed E-state index contributed by atoms with van der Waals surface area (Å²) in [4.78, 5) is 45.5. The van der Waals surface area contributed by atoms with Crippen LogP contribution in [0.2, 0.25) is 5.02 Å². The molecule has 1 aromatic carbocycles.